The highest BCUT2D eigenvalue weighted by atomic mass is 16.5. The SMILES string of the molecule is COc1cc2c(cc1OC)CN(C1CCN(C(C)Cn3nc(C)cc3C)CC1)CC2. The molecule has 0 spiro atoms. The molecule has 164 valence electrons. The second-order valence-corrected chi connectivity index (χ2v) is 8.92. The molecule has 0 amide bonds. The van der Waals surface area contributed by atoms with E-state index in [1.165, 1.54) is 42.8 Å². The van der Waals surface area contributed by atoms with Crippen molar-refractivity contribution in [1.29, 1.82) is 0 Å². The molecular weight excluding hydrogens is 376 g/mol. The summed E-state index contributed by atoms with van der Waals surface area (Å²) in [4.78, 5) is 5.32. The van der Waals surface area contributed by atoms with Crippen LogP contribution in [0.15, 0.2) is 18.2 Å². The molecule has 1 fully saturated rings. The zero-order valence-electron chi connectivity index (χ0n) is 19.1. The zero-order valence-corrected chi connectivity index (χ0v) is 19.1. The van der Waals surface area contributed by atoms with Crippen LogP contribution in [-0.4, -0.2) is 65.5 Å². The minimum Gasteiger partial charge on any atom is -0.493 e. The first kappa shape index (κ1) is 21.2. The number of methoxy groups -OCH3 is 2. The largest absolute Gasteiger partial charge is 0.493 e. The van der Waals surface area contributed by atoms with E-state index in [-0.39, 0.29) is 0 Å². The van der Waals surface area contributed by atoms with Crippen LogP contribution in [0.3, 0.4) is 0 Å². The topological polar surface area (TPSA) is 42.8 Å². The highest BCUT2D eigenvalue weighted by molar-refractivity contribution is 5.48. The number of nitrogens with zero attached hydrogens (tertiary/aromatic N) is 4. The van der Waals surface area contributed by atoms with Crippen LogP contribution in [-0.2, 0) is 19.5 Å². The Kier molecular flexibility index (Phi) is 6.34. The average Bonchev–Trinajstić information content (AvgIpc) is 3.08. The molecule has 4 rings (SSSR count). The van der Waals surface area contributed by atoms with E-state index in [1.807, 2.05) is 0 Å². The zero-order chi connectivity index (χ0) is 21.3. The Morgan fingerprint density at radius 3 is 2.27 bits per heavy atom. The smallest absolute Gasteiger partial charge is 0.161 e. The van der Waals surface area contributed by atoms with Gasteiger partial charge in [-0.3, -0.25) is 14.5 Å². The first-order valence-electron chi connectivity index (χ1n) is 11.2. The van der Waals surface area contributed by atoms with Gasteiger partial charge in [0.15, 0.2) is 11.5 Å². The number of aromatic nitrogens is 2. The van der Waals surface area contributed by atoms with Crippen molar-refractivity contribution in [3.63, 3.8) is 0 Å². The quantitative estimate of drug-likeness (QED) is 0.727. The maximum atomic E-state index is 5.52. The second-order valence-electron chi connectivity index (χ2n) is 8.92. The molecular formula is C24H36N4O2. The molecule has 0 bridgehead atoms. The van der Waals surface area contributed by atoms with Crippen molar-refractivity contribution in [2.45, 2.75) is 65.2 Å². The number of ether oxygens (including phenoxy) is 2. The Morgan fingerprint density at radius 2 is 1.67 bits per heavy atom. The summed E-state index contributed by atoms with van der Waals surface area (Å²) in [7, 11) is 3.43. The summed E-state index contributed by atoms with van der Waals surface area (Å²) in [6, 6.07) is 7.68. The first-order chi connectivity index (χ1) is 14.5. The predicted molar refractivity (Wildman–Crippen MR) is 119 cm³/mol. The number of benzene rings is 1. The Morgan fingerprint density at radius 1 is 1.00 bits per heavy atom. The molecule has 1 unspecified atom stereocenters. The summed E-state index contributed by atoms with van der Waals surface area (Å²) in [5, 5.41) is 4.64. The van der Waals surface area contributed by atoms with Gasteiger partial charge in [0, 0.05) is 30.9 Å². The van der Waals surface area contributed by atoms with Gasteiger partial charge in [-0.05, 0) is 82.4 Å². The van der Waals surface area contributed by atoms with Crippen LogP contribution >= 0.6 is 0 Å². The lowest BCUT2D eigenvalue weighted by atomic mass is 9.94. The summed E-state index contributed by atoms with van der Waals surface area (Å²) < 4.78 is 13.2. The molecule has 1 saturated heterocycles. The summed E-state index contributed by atoms with van der Waals surface area (Å²) in [6.07, 6.45) is 3.57. The van der Waals surface area contributed by atoms with Crippen molar-refractivity contribution in [3.05, 3.63) is 40.7 Å². The molecule has 30 heavy (non-hydrogen) atoms. The van der Waals surface area contributed by atoms with Crippen LogP contribution in [0, 0.1) is 13.8 Å². The number of likely N-dealkylation sites (tertiary alicyclic amines) is 1. The maximum absolute atomic E-state index is 5.52. The van der Waals surface area contributed by atoms with Crippen molar-refractivity contribution in [2.24, 2.45) is 0 Å². The predicted octanol–water partition coefficient (Wildman–Crippen LogP) is 3.43. The van der Waals surface area contributed by atoms with Gasteiger partial charge in [-0.2, -0.15) is 5.10 Å². The molecule has 1 aromatic carbocycles. The summed E-state index contributed by atoms with van der Waals surface area (Å²) >= 11 is 0. The van der Waals surface area contributed by atoms with E-state index in [0.29, 0.717) is 12.1 Å². The van der Waals surface area contributed by atoms with Gasteiger partial charge in [0.25, 0.3) is 0 Å². The molecule has 2 aliphatic rings. The van der Waals surface area contributed by atoms with Gasteiger partial charge in [-0.1, -0.05) is 0 Å². The number of aryl methyl sites for hydroxylation is 2. The minimum atomic E-state index is 0.516. The Hall–Kier alpha value is -2.05. The molecule has 1 aromatic heterocycles. The van der Waals surface area contributed by atoms with E-state index < -0.39 is 0 Å². The number of hydrogen-bond donors (Lipinski definition) is 0. The van der Waals surface area contributed by atoms with Gasteiger partial charge in [0.1, 0.15) is 0 Å². The minimum absolute atomic E-state index is 0.516. The van der Waals surface area contributed by atoms with E-state index >= 15 is 0 Å². The van der Waals surface area contributed by atoms with Gasteiger partial charge in [-0.15, -0.1) is 0 Å². The van der Waals surface area contributed by atoms with E-state index in [4.69, 9.17) is 9.47 Å². The van der Waals surface area contributed by atoms with Gasteiger partial charge < -0.3 is 9.47 Å². The highest BCUT2D eigenvalue weighted by Crippen LogP contribution is 2.34. The third kappa shape index (κ3) is 4.35. The van der Waals surface area contributed by atoms with Crippen molar-refractivity contribution in [1.82, 2.24) is 19.6 Å². The van der Waals surface area contributed by atoms with Crippen molar-refractivity contribution in [3.8, 4) is 11.5 Å². The van der Waals surface area contributed by atoms with E-state index in [2.05, 4.69) is 58.6 Å². The molecule has 0 saturated carbocycles. The number of fused-ring (bicyclic) bond motifs is 1. The van der Waals surface area contributed by atoms with E-state index in [0.717, 1.165) is 43.2 Å². The molecule has 0 radical (unpaired) electrons. The monoisotopic (exact) mass is 412 g/mol. The number of hydrogen-bond acceptors (Lipinski definition) is 5. The lowest BCUT2D eigenvalue weighted by Crippen LogP contribution is -2.49. The normalized spacial score (nSPS) is 19.5. The Bertz CT molecular complexity index is 870. The van der Waals surface area contributed by atoms with Gasteiger partial charge in [0.2, 0.25) is 0 Å². The molecule has 1 atom stereocenters. The fourth-order valence-electron chi connectivity index (χ4n) is 5.13. The van der Waals surface area contributed by atoms with Gasteiger partial charge >= 0.3 is 0 Å². The fourth-order valence-corrected chi connectivity index (χ4v) is 5.13. The highest BCUT2D eigenvalue weighted by Gasteiger charge is 2.29. The lowest BCUT2D eigenvalue weighted by molar-refractivity contribution is 0.0742. The first-order valence-corrected chi connectivity index (χ1v) is 11.2. The second kappa shape index (κ2) is 8.98. The molecule has 0 N–H and O–H groups in total. The molecule has 2 aliphatic heterocycles. The molecule has 6 nitrogen and oxygen atoms in total. The van der Waals surface area contributed by atoms with Crippen LogP contribution in [0.25, 0.3) is 0 Å². The van der Waals surface area contributed by atoms with Crippen LogP contribution in [0.1, 0.15) is 42.3 Å². The van der Waals surface area contributed by atoms with Crippen molar-refractivity contribution < 1.29 is 9.47 Å². The average molecular weight is 413 g/mol. The standard InChI is InChI=1S/C24H36N4O2/c1-17-12-18(2)28(25-17)15-19(3)26-10-7-22(8-11-26)27-9-6-20-13-23(29-4)24(30-5)14-21(20)16-27/h12-14,19,22H,6-11,15-16H2,1-5H3. The summed E-state index contributed by atoms with van der Waals surface area (Å²) in [5.41, 5.74) is 5.16. The van der Waals surface area contributed by atoms with E-state index in [1.54, 1.807) is 14.2 Å². The van der Waals surface area contributed by atoms with Gasteiger partial charge in [0.05, 0.1) is 26.5 Å². The third-order valence-corrected chi connectivity index (χ3v) is 6.93. The maximum Gasteiger partial charge on any atom is 0.161 e. The Labute approximate surface area is 180 Å². The summed E-state index contributed by atoms with van der Waals surface area (Å²) in [6.45, 7) is 12.0. The van der Waals surface area contributed by atoms with Crippen LogP contribution in [0.2, 0.25) is 0 Å². The van der Waals surface area contributed by atoms with E-state index in [9.17, 15) is 0 Å². The number of rotatable bonds is 6. The van der Waals surface area contributed by atoms with Crippen molar-refractivity contribution in [2.75, 3.05) is 33.9 Å². The van der Waals surface area contributed by atoms with Crippen LogP contribution in [0.4, 0.5) is 0 Å². The fraction of sp³-hybridized carbons (Fsp3) is 0.625. The summed E-state index contributed by atoms with van der Waals surface area (Å²) in [5.74, 6) is 1.68. The lowest BCUT2D eigenvalue weighted by Gasteiger charge is -2.42. The van der Waals surface area contributed by atoms with Crippen LogP contribution in [0.5, 0.6) is 11.5 Å². The Balaban J connectivity index is 1.34. The number of piperidine rings is 1. The molecule has 2 aromatic rings. The molecule has 6 heteroatoms. The van der Waals surface area contributed by atoms with Crippen LogP contribution < -0.4 is 9.47 Å². The van der Waals surface area contributed by atoms with Gasteiger partial charge in [-0.25, -0.2) is 0 Å². The van der Waals surface area contributed by atoms with Crippen molar-refractivity contribution >= 4 is 0 Å². The molecule has 0 aliphatic carbocycles. The molecule has 3 heterocycles. The third-order valence-electron chi connectivity index (χ3n) is 6.93.